The first-order chi connectivity index (χ1) is 9.72. The Morgan fingerprint density at radius 2 is 2.20 bits per heavy atom. The third-order valence-corrected chi connectivity index (χ3v) is 3.76. The van der Waals surface area contributed by atoms with E-state index in [-0.39, 0.29) is 5.89 Å². The van der Waals surface area contributed by atoms with Crippen LogP contribution in [0.15, 0.2) is 45.6 Å². The second kappa shape index (κ2) is 5.79. The first-order valence-corrected chi connectivity index (χ1v) is 7.42. The summed E-state index contributed by atoms with van der Waals surface area (Å²) in [4.78, 5) is 4.27. The lowest BCUT2D eigenvalue weighted by molar-refractivity contribution is 0.410. The number of hydrogen-bond acceptors (Lipinski definition) is 4. The first-order valence-electron chi connectivity index (χ1n) is 5.72. The highest BCUT2D eigenvalue weighted by Gasteiger charge is 2.11. The second-order valence-corrected chi connectivity index (χ2v) is 5.61. The van der Waals surface area contributed by atoms with Crippen LogP contribution < -0.4 is 0 Å². The molecule has 0 saturated carbocycles. The van der Waals surface area contributed by atoms with Crippen LogP contribution in [0.3, 0.4) is 0 Å². The zero-order valence-electron chi connectivity index (χ0n) is 10.1. The van der Waals surface area contributed by atoms with Gasteiger partial charge in [-0.15, -0.1) is 0 Å². The van der Waals surface area contributed by atoms with Crippen molar-refractivity contribution in [2.24, 2.45) is 0 Å². The molecule has 6 heteroatoms. The normalized spacial score (nSPS) is 11.8. The monoisotopic (exact) mass is 322 g/mol. The molecule has 0 bridgehead atoms. The summed E-state index contributed by atoms with van der Waals surface area (Å²) in [5.74, 6) is 0.743. The number of thiophene rings is 1. The van der Waals surface area contributed by atoms with Crippen LogP contribution in [0.4, 0.5) is 0 Å². The molecule has 2 heterocycles. The van der Waals surface area contributed by atoms with Gasteiger partial charge in [0.2, 0.25) is 5.82 Å². The van der Waals surface area contributed by atoms with E-state index in [4.69, 9.17) is 27.7 Å². The van der Waals surface area contributed by atoms with Crippen molar-refractivity contribution in [2.75, 3.05) is 0 Å². The molecule has 0 saturated heterocycles. The number of benzene rings is 1. The van der Waals surface area contributed by atoms with Crippen LogP contribution in [0, 0.1) is 0 Å². The van der Waals surface area contributed by atoms with E-state index in [1.807, 2.05) is 29.0 Å². The van der Waals surface area contributed by atoms with Crippen molar-refractivity contribution >= 4 is 45.6 Å². The summed E-state index contributed by atoms with van der Waals surface area (Å²) >= 11 is 13.7. The van der Waals surface area contributed by atoms with Crippen LogP contribution in [0.5, 0.6) is 0 Å². The highest BCUT2D eigenvalue weighted by molar-refractivity contribution is 7.08. The Morgan fingerprint density at radius 1 is 1.30 bits per heavy atom. The van der Waals surface area contributed by atoms with Gasteiger partial charge in [0.15, 0.2) is 0 Å². The molecular weight excluding hydrogens is 315 g/mol. The standard InChI is InChI=1S/C14H8Cl2N2OS/c15-11-3-1-2-10(7-11)13-17-14(19-18-13)12(16)6-9-4-5-20-8-9/h1-8H/b12-6-. The molecule has 3 nitrogen and oxygen atoms in total. The third kappa shape index (κ3) is 2.93. The van der Waals surface area contributed by atoms with Gasteiger partial charge in [0.1, 0.15) is 5.03 Å². The SMILES string of the molecule is Cl/C(=C\c1ccsc1)c1nc(-c2cccc(Cl)c2)no1. The summed E-state index contributed by atoms with van der Waals surface area (Å²) in [6, 6.07) is 9.21. The fraction of sp³-hybridized carbons (Fsp3) is 0. The minimum atomic E-state index is 0.285. The molecule has 0 amide bonds. The fourth-order valence-electron chi connectivity index (χ4n) is 1.63. The van der Waals surface area contributed by atoms with Crippen molar-refractivity contribution in [1.82, 2.24) is 10.1 Å². The van der Waals surface area contributed by atoms with Crippen LogP contribution in [-0.2, 0) is 0 Å². The van der Waals surface area contributed by atoms with E-state index in [1.165, 1.54) is 0 Å². The Bertz CT molecular complexity index is 750. The highest BCUT2D eigenvalue weighted by atomic mass is 35.5. The minimum absolute atomic E-state index is 0.285. The summed E-state index contributed by atoms with van der Waals surface area (Å²) in [6.07, 6.45) is 1.79. The molecule has 3 rings (SSSR count). The molecule has 0 aliphatic rings. The molecule has 0 unspecified atom stereocenters. The second-order valence-electron chi connectivity index (χ2n) is 3.98. The Balaban J connectivity index is 1.91. The molecule has 0 fully saturated rings. The van der Waals surface area contributed by atoms with E-state index < -0.39 is 0 Å². The van der Waals surface area contributed by atoms with E-state index in [0.717, 1.165) is 11.1 Å². The predicted octanol–water partition coefficient (Wildman–Crippen LogP) is 5.19. The maximum Gasteiger partial charge on any atom is 0.269 e. The molecule has 20 heavy (non-hydrogen) atoms. The minimum Gasteiger partial charge on any atom is -0.333 e. The van der Waals surface area contributed by atoms with Crippen molar-refractivity contribution in [2.45, 2.75) is 0 Å². The lowest BCUT2D eigenvalue weighted by atomic mass is 10.2. The Kier molecular flexibility index (Phi) is 3.87. The summed E-state index contributed by atoms with van der Waals surface area (Å²) < 4.78 is 5.17. The smallest absolute Gasteiger partial charge is 0.269 e. The van der Waals surface area contributed by atoms with Gasteiger partial charge in [0.25, 0.3) is 5.89 Å². The molecule has 100 valence electrons. The van der Waals surface area contributed by atoms with E-state index in [0.29, 0.717) is 15.9 Å². The quantitative estimate of drug-likeness (QED) is 0.666. The van der Waals surface area contributed by atoms with Crippen molar-refractivity contribution in [3.05, 3.63) is 57.6 Å². The summed E-state index contributed by atoms with van der Waals surface area (Å²) in [5.41, 5.74) is 1.79. The predicted molar refractivity (Wildman–Crippen MR) is 82.8 cm³/mol. The lowest BCUT2D eigenvalue weighted by Gasteiger charge is -1.93. The van der Waals surface area contributed by atoms with Gasteiger partial charge < -0.3 is 4.52 Å². The van der Waals surface area contributed by atoms with E-state index in [2.05, 4.69) is 10.1 Å². The fourth-order valence-corrected chi connectivity index (χ4v) is 2.64. The van der Waals surface area contributed by atoms with Crippen LogP contribution in [0.2, 0.25) is 5.02 Å². The van der Waals surface area contributed by atoms with Gasteiger partial charge in [0.05, 0.1) is 0 Å². The lowest BCUT2D eigenvalue weighted by Crippen LogP contribution is -1.81. The zero-order chi connectivity index (χ0) is 13.9. The zero-order valence-corrected chi connectivity index (χ0v) is 12.4. The van der Waals surface area contributed by atoms with Crippen LogP contribution >= 0.6 is 34.5 Å². The molecule has 0 aliphatic heterocycles. The van der Waals surface area contributed by atoms with Gasteiger partial charge in [-0.2, -0.15) is 16.3 Å². The molecule has 2 aromatic heterocycles. The molecule has 1 aromatic carbocycles. The maximum absolute atomic E-state index is 6.17. The molecule has 0 radical (unpaired) electrons. The number of hydrogen-bond donors (Lipinski definition) is 0. The first kappa shape index (κ1) is 13.4. The van der Waals surface area contributed by atoms with Crippen LogP contribution in [-0.4, -0.2) is 10.1 Å². The number of rotatable bonds is 3. The Labute approximate surface area is 129 Å². The molecule has 0 N–H and O–H groups in total. The topological polar surface area (TPSA) is 38.9 Å². The van der Waals surface area contributed by atoms with Gasteiger partial charge >= 0.3 is 0 Å². The molecule has 0 spiro atoms. The van der Waals surface area contributed by atoms with Crippen molar-refractivity contribution in [3.8, 4) is 11.4 Å². The molecule has 3 aromatic rings. The van der Waals surface area contributed by atoms with Gasteiger partial charge in [-0.3, -0.25) is 0 Å². The molecule has 0 atom stereocenters. The van der Waals surface area contributed by atoms with Crippen LogP contribution in [0.25, 0.3) is 22.5 Å². The number of halogens is 2. The van der Waals surface area contributed by atoms with Gasteiger partial charge in [-0.05, 0) is 40.6 Å². The van der Waals surface area contributed by atoms with E-state index >= 15 is 0 Å². The average molecular weight is 323 g/mol. The average Bonchev–Trinajstić information content (AvgIpc) is 3.09. The largest absolute Gasteiger partial charge is 0.333 e. The molecular formula is C14H8Cl2N2OS. The van der Waals surface area contributed by atoms with Crippen molar-refractivity contribution < 1.29 is 4.52 Å². The van der Waals surface area contributed by atoms with Crippen molar-refractivity contribution in [1.29, 1.82) is 0 Å². The van der Waals surface area contributed by atoms with Gasteiger partial charge in [-0.25, -0.2) is 0 Å². The van der Waals surface area contributed by atoms with Gasteiger partial charge in [0, 0.05) is 10.6 Å². The molecule has 0 aliphatic carbocycles. The van der Waals surface area contributed by atoms with Crippen LogP contribution in [0.1, 0.15) is 11.5 Å². The number of aromatic nitrogens is 2. The van der Waals surface area contributed by atoms with E-state index in [1.54, 1.807) is 29.5 Å². The van der Waals surface area contributed by atoms with Crippen molar-refractivity contribution in [3.63, 3.8) is 0 Å². The Morgan fingerprint density at radius 3 is 2.95 bits per heavy atom. The van der Waals surface area contributed by atoms with E-state index in [9.17, 15) is 0 Å². The summed E-state index contributed by atoms with van der Waals surface area (Å²) in [7, 11) is 0. The maximum atomic E-state index is 6.17. The van der Waals surface area contributed by atoms with Gasteiger partial charge in [-0.1, -0.05) is 40.5 Å². The highest BCUT2D eigenvalue weighted by Crippen LogP contribution is 2.25. The third-order valence-electron chi connectivity index (χ3n) is 2.55. The summed E-state index contributed by atoms with van der Waals surface area (Å²) in [6.45, 7) is 0. The Hall–Kier alpha value is -1.62. The number of nitrogens with zero attached hydrogens (tertiary/aromatic N) is 2. The summed E-state index contributed by atoms with van der Waals surface area (Å²) in [5, 5.41) is 8.89.